The fourth-order valence-electron chi connectivity index (χ4n) is 2.28. The van der Waals surface area contributed by atoms with E-state index in [4.69, 9.17) is 4.74 Å². The maximum Gasteiger partial charge on any atom is 0.131 e. The zero-order chi connectivity index (χ0) is 15.6. The average Bonchev–Trinajstić information content (AvgIpc) is 2.42. The van der Waals surface area contributed by atoms with Crippen molar-refractivity contribution in [1.82, 2.24) is 0 Å². The molecule has 0 heterocycles. The van der Waals surface area contributed by atoms with Gasteiger partial charge in [-0.3, -0.25) is 0 Å². The topological polar surface area (TPSA) is 49.7 Å². The van der Waals surface area contributed by atoms with E-state index in [1.165, 1.54) is 0 Å². The van der Waals surface area contributed by atoms with E-state index < -0.39 is 0 Å². The molecule has 0 bridgehead atoms. The lowest BCUT2D eigenvalue weighted by Crippen LogP contribution is -1.97. The van der Waals surface area contributed by atoms with Crippen molar-refractivity contribution in [3.8, 4) is 23.0 Å². The minimum Gasteiger partial charge on any atom is -0.508 e. The predicted molar refractivity (Wildman–Crippen MR) is 84.5 cm³/mol. The lowest BCUT2D eigenvalue weighted by atomic mass is 10.0. The summed E-state index contributed by atoms with van der Waals surface area (Å²) in [6.45, 7) is 8.23. The van der Waals surface area contributed by atoms with E-state index in [2.05, 4.69) is 27.7 Å². The van der Waals surface area contributed by atoms with Gasteiger partial charge < -0.3 is 14.9 Å². The lowest BCUT2D eigenvalue weighted by Gasteiger charge is -2.18. The van der Waals surface area contributed by atoms with E-state index in [1.54, 1.807) is 36.4 Å². The summed E-state index contributed by atoms with van der Waals surface area (Å²) in [5.41, 5.74) is 1.91. The molecule has 2 aromatic carbocycles. The maximum atomic E-state index is 9.64. The predicted octanol–water partition coefficient (Wildman–Crippen LogP) is 5.14. The van der Waals surface area contributed by atoms with E-state index >= 15 is 0 Å². The normalized spacial score (nSPS) is 11.1. The van der Waals surface area contributed by atoms with Crippen molar-refractivity contribution in [2.24, 2.45) is 0 Å². The molecule has 0 unspecified atom stereocenters. The number of aromatic hydroxyl groups is 2. The molecule has 3 heteroatoms. The van der Waals surface area contributed by atoms with Crippen LogP contribution in [0.2, 0.25) is 0 Å². The van der Waals surface area contributed by atoms with Crippen LogP contribution in [0.15, 0.2) is 36.4 Å². The van der Waals surface area contributed by atoms with Crippen LogP contribution in [0.5, 0.6) is 23.0 Å². The van der Waals surface area contributed by atoms with Gasteiger partial charge in [0.25, 0.3) is 0 Å². The van der Waals surface area contributed by atoms with Gasteiger partial charge in [-0.15, -0.1) is 0 Å². The Morgan fingerprint density at radius 3 is 1.43 bits per heavy atom. The summed E-state index contributed by atoms with van der Waals surface area (Å²) in [7, 11) is 0. The molecule has 3 nitrogen and oxygen atoms in total. The number of ether oxygens (including phenoxy) is 1. The zero-order valence-electron chi connectivity index (χ0n) is 12.9. The van der Waals surface area contributed by atoms with Crippen molar-refractivity contribution >= 4 is 0 Å². The van der Waals surface area contributed by atoms with Crippen molar-refractivity contribution < 1.29 is 14.9 Å². The second-order valence-corrected chi connectivity index (χ2v) is 5.86. The Kier molecular flexibility index (Phi) is 4.41. The Morgan fingerprint density at radius 2 is 1.10 bits per heavy atom. The molecule has 2 rings (SSSR count). The molecular formula is C18H22O3. The quantitative estimate of drug-likeness (QED) is 0.818. The van der Waals surface area contributed by atoms with Gasteiger partial charge in [0.05, 0.1) is 0 Å². The molecule has 2 aromatic rings. The van der Waals surface area contributed by atoms with Crippen molar-refractivity contribution in [1.29, 1.82) is 0 Å². The number of benzene rings is 2. The minimum absolute atomic E-state index is 0.237. The standard InChI is InChI=1S/C18H22O3/c1-11(2)15-9-13(19)5-7-17(15)21-18-8-6-14(20)10-16(18)12(3)4/h5-12,19-20H,1-4H3. The van der Waals surface area contributed by atoms with Crippen LogP contribution in [-0.4, -0.2) is 10.2 Å². The van der Waals surface area contributed by atoms with Crippen LogP contribution in [0, 0.1) is 0 Å². The third kappa shape index (κ3) is 3.48. The Morgan fingerprint density at radius 1 is 0.714 bits per heavy atom. The van der Waals surface area contributed by atoms with Crippen LogP contribution in [0.25, 0.3) is 0 Å². The highest BCUT2D eigenvalue weighted by Crippen LogP contribution is 2.37. The van der Waals surface area contributed by atoms with Crippen molar-refractivity contribution in [2.75, 3.05) is 0 Å². The molecule has 0 saturated carbocycles. The summed E-state index contributed by atoms with van der Waals surface area (Å²) in [5, 5.41) is 19.3. The number of hydrogen-bond acceptors (Lipinski definition) is 3. The van der Waals surface area contributed by atoms with E-state index in [9.17, 15) is 10.2 Å². The van der Waals surface area contributed by atoms with Crippen molar-refractivity contribution in [3.63, 3.8) is 0 Å². The summed E-state index contributed by atoms with van der Waals surface area (Å²) in [6.07, 6.45) is 0. The number of phenols is 2. The third-order valence-electron chi connectivity index (χ3n) is 3.45. The molecule has 2 N–H and O–H groups in total. The first-order valence-corrected chi connectivity index (χ1v) is 7.22. The van der Waals surface area contributed by atoms with Crippen molar-refractivity contribution in [2.45, 2.75) is 39.5 Å². The fraction of sp³-hybridized carbons (Fsp3) is 0.333. The Hall–Kier alpha value is -2.16. The fourth-order valence-corrected chi connectivity index (χ4v) is 2.28. The van der Waals surface area contributed by atoms with Gasteiger partial charge >= 0.3 is 0 Å². The van der Waals surface area contributed by atoms with Crippen LogP contribution in [-0.2, 0) is 0 Å². The molecule has 21 heavy (non-hydrogen) atoms. The average molecular weight is 286 g/mol. The Labute approximate surface area is 125 Å². The Bertz CT molecular complexity index is 575. The first-order chi connectivity index (χ1) is 9.88. The second kappa shape index (κ2) is 6.08. The minimum atomic E-state index is 0.237. The number of hydrogen-bond donors (Lipinski definition) is 2. The smallest absolute Gasteiger partial charge is 0.131 e. The van der Waals surface area contributed by atoms with Crippen LogP contribution in [0.4, 0.5) is 0 Å². The van der Waals surface area contributed by atoms with E-state index in [0.29, 0.717) is 0 Å². The van der Waals surface area contributed by atoms with E-state index in [1.807, 2.05) is 0 Å². The molecule has 0 aliphatic rings. The van der Waals surface area contributed by atoms with E-state index in [-0.39, 0.29) is 23.3 Å². The van der Waals surface area contributed by atoms with Gasteiger partial charge in [0.2, 0.25) is 0 Å². The summed E-state index contributed by atoms with van der Waals surface area (Å²) in [5.74, 6) is 2.42. The molecule has 112 valence electrons. The zero-order valence-corrected chi connectivity index (χ0v) is 12.9. The largest absolute Gasteiger partial charge is 0.508 e. The van der Waals surface area contributed by atoms with Gasteiger partial charge in [0.15, 0.2) is 0 Å². The molecule has 0 atom stereocenters. The van der Waals surface area contributed by atoms with Gasteiger partial charge in [0, 0.05) is 11.1 Å². The number of rotatable bonds is 4. The molecule has 0 saturated heterocycles. The maximum absolute atomic E-state index is 9.64. The van der Waals surface area contributed by atoms with Crippen LogP contribution in [0.1, 0.15) is 50.7 Å². The highest BCUT2D eigenvalue weighted by molar-refractivity contribution is 5.48. The molecule has 0 aromatic heterocycles. The van der Waals surface area contributed by atoms with Gasteiger partial charge in [0.1, 0.15) is 23.0 Å². The summed E-state index contributed by atoms with van der Waals surface area (Å²) in [4.78, 5) is 0. The molecule has 0 amide bonds. The molecule has 0 aliphatic heterocycles. The second-order valence-electron chi connectivity index (χ2n) is 5.86. The number of phenolic OH excluding ortho intramolecular Hbond substituents is 2. The first kappa shape index (κ1) is 15.2. The van der Waals surface area contributed by atoms with Gasteiger partial charge in [-0.05, 0) is 48.2 Å². The first-order valence-electron chi connectivity index (χ1n) is 7.22. The monoisotopic (exact) mass is 286 g/mol. The van der Waals surface area contributed by atoms with Gasteiger partial charge in [-0.2, -0.15) is 0 Å². The van der Waals surface area contributed by atoms with Crippen LogP contribution >= 0.6 is 0 Å². The van der Waals surface area contributed by atoms with Crippen LogP contribution < -0.4 is 4.74 Å². The van der Waals surface area contributed by atoms with Gasteiger partial charge in [-0.1, -0.05) is 27.7 Å². The summed E-state index contributed by atoms with van der Waals surface area (Å²) >= 11 is 0. The summed E-state index contributed by atoms with van der Waals surface area (Å²) < 4.78 is 6.05. The summed E-state index contributed by atoms with van der Waals surface area (Å²) in [6, 6.07) is 10.3. The molecule has 0 fully saturated rings. The van der Waals surface area contributed by atoms with Crippen LogP contribution in [0.3, 0.4) is 0 Å². The van der Waals surface area contributed by atoms with Crippen molar-refractivity contribution in [3.05, 3.63) is 47.5 Å². The molecule has 0 aliphatic carbocycles. The highest BCUT2D eigenvalue weighted by atomic mass is 16.5. The SMILES string of the molecule is CC(C)c1cc(O)ccc1Oc1ccc(O)cc1C(C)C. The lowest BCUT2D eigenvalue weighted by molar-refractivity contribution is 0.446. The molecule has 0 radical (unpaired) electrons. The third-order valence-corrected chi connectivity index (χ3v) is 3.45. The van der Waals surface area contributed by atoms with Gasteiger partial charge in [-0.25, -0.2) is 0 Å². The molecule has 0 spiro atoms. The van der Waals surface area contributed by atoms with E-state index in [0.717, 1.165) is 22.6 Å². The molecular weight excluding hydrogens is 264 g/mol. The Balaban J connectivity index is 2.43. The highest BCUT2D eigenvalue weighted by Gasteiger charge is 2.14.